The fourth-order valence-corrected chi connectivity index (χ4v) is 18.9. The van der Waals surface area contributed by atoms with E-state index in [1.807, 2.05) is 22.7 Å². The van der Waals surface area contributed by atoms with E-state index in [2.05, 4.69) is 241 Å². The summed E-state index contributed by atoms with van der Waals surface area (Å²) in [6.45, 7) is 0. The van der Waals surface area contributed by atoms with Crippen LogP contribution in [0, 0.1) is 0 Å². The minimum atomic E-state index is -2.60. The standard InChI is InChI=1S/C62H39NO2S2Si/c1-4-15-43(16-5-1)68(44-17-6-2-7-18-44,45-19-8-3-9-20-45)61-36-35-60(67-61)59-34-33-58(66-59)41-28-31-56-51(38-41)50-37-40(27-30-55(50)64-56)46-23-14-24-49-52-39-42(29-32-57(52)65-62(46)49)63-53-25-12-10-21-47(53)48-22-11-13-26-54(48)63/h1-39H. The van der Waals surface area contributed by atoms with Crippen molar-refractivity contribution in [2.75, 3.05) is 0 Å². The van der Waals surface area contributed by atoms with E-state index in [-0.39, 0.29) is 0 Å². The Labute approximate surface area is 401 Å². The molecule has 0 saturated heterocycles. The van der Waals surface area contributed by atoms with Gasteiger partial charge in [-0.2, -0.15) is 0 Å². The molecule has 0 radical (unpaired) electrons. The molecule has 6 heteroatoms. The van der Waals surface area contributed by atoms with Crippen LogP contribution in [0.4, 0.5) is 0 Å². The number of hydrogen-bond donors (Lipinski definition) is 0. The normalized spacial score (nSPS) is 12.1. The minimum absolute atomic E-state index is 0.870. The third-order valence-electron chi connectivity index (χ3n) is 13.8. The number of thiophene rings is 2. The van der Waals surface area contributed by atoms with Crippen LogP contribution in [-0.4, -0.2) is 12.6 Å². The molecule has 68 heavy (non-hydrogen) atoms. The zero-order chi connectivity index (χ0) is 44.8. The maximum Gasteiger partial charge on any atom is 0.191 e. The van der Waals surface area contributed by atoms with Gasteiger partial charge in [-0.25, -0.2) is 0 Å². The molecule has 5 heterocycles. The van der Waals surface area contributed by atoms with Crippen LogP contribution in [0.2, 0.25) is 0 Å². The second-order valence-corrected chi connectivity index (χ2v) is 23.8. The maximum atomic E-state index is 6.74. The number of furan rings is 2. The lowest BCUT2D eigenvalue weighted by Crippen LogP contribution is -2.74. The number of aromatic nitrogens is 1. The predicted octanol–water partition coefficient (Wildman–Crippen LogP) is 15.1. The largest absolute Gasteiger partial charge is 0.456 e. The van der Waals surface area contributed by atoms with Gasteiger partial charge in [-0.15, -0.1) is 22.7 Å². The van der Waals surface area contributed by atoms with Crippen LogP contribution in [0.15, 0.2) is 245 Å². The second-order valence-electron chi connectivity index (χ2n) is 17.5. The zero-order valence-electron chi connectivity index (χ0n) is 36.6. The number of benzene rings is 9. The first-order chi connectivity index (χ1) is 33.7. The van der Waals surface area contributed by atoms with Crippen LogP contribution in [0.1, 0.15) is 0 Å². The van der Waals surface area contributed by atoms with Crippen LogP contribution in [0.25, 0.3) is 103 Å². The fourth-order valence-electron chi connectivity index (χ4n) is 10.7. The molecule has 0 unspecified atom stereocenters. The SMILES string of the molecule is c1ccc([Si](c2ccccc2)(c2ccccc2)c2ccc(-c3ccc(-c4ccc5oc6ccc(-c7cccc8c7oc7ccc(-n9c%10ccccc%10c%10ccccc%109)cc78)cc6c5c4)s3)s2)cc1. The van der Waals surface area contributed by atoms with Crippen molar-refractivity contribution in [2.24, 2.45) is 0 Å². The zero-order valence-corrected chi connectivity index (χ0v) is 39.2. The van der Waals surface area contributed by atoms with E-state index in [0.717, 1.165) is 60.7 Å². The Balaban J connectivity index is 0.830. The Kier molecular flexibility index (Phi) is 8.96. The summed E-state index contributed by atoms with van der Waals surface area (Å²) in [5.41, 5.74) is 10.3. The number of hydrogen-bond acceptors (Lipinski definition) is 4. The Morgan fingerprint density at radius 2 is 0.838 bits per heavy atom. The summed E-state index contributed by atoms with van der Waals surface area (Å²) in [4.78, 5) is 3.79. The van der Waals surface area contributed by atoms with Gasteiger partial charge in [-0.1, -0.05) is 158 Å². The average Bonchev–Trinajstić information content (AvgIpc) is 4.26. The maximum absolute atomic E-state index is 6.74. The molecule has 320 valence electrons. The molecule has 14 aromatic rings. The van der Waals surface area contributed by atoms with Gasteiger partial charge in [-0.3, -0.25) is 0 Å². The van der Waals surface area contributed by atoms with Crippen molar-refractivity contribution in [2.45, 2.75) is 0 Å². The monoisotopic (exact) mass is 921 g/mol. The van der Waals surface area contributed by atoms with Gasteiger partial charge >= 0.3 is 0 Å². The molecule has 0 amide bonds. The van der Waals surface area contributed by atoms with Crippen LogP contribution >= 0.6 is 22.7 Å². The Hall–Kier alpha value is -8.00. The highest BCUT2D eigenvalue weighted by molar-refractivity contribution is 7.38. The van der Waals surface area contributed by atoms with Crippen LogP contribution in [-0.2, 0) is 0 Å². The van der Waals surface area contributed by atoms with Crippen molar-refractivity contribution in [1.29, 1.82) is 0 Å². The molecule has 0 atom stereocenters. The Morgan fingerprint density at radius 3 is 1.50 bits per heavy atom. The molecule has 0 bridgehead atoms. The average molecular weight is 922 g/mol. The van der Waals surface area contributed by atoms with E-state index in [0.29, 0.717) is 0 Å². The summed E-state index contributed by atoms with van der Waals surface area (Å²) in [7, 11) is -2.60. The summed E-state index contributed by atoms with van der Waals surface area (Å²) in [6.07, 6.45) is 0. The second kappa shape index (κ2) is 15.5. The van der Waals surface area contributed by atoms with Gasteiger partial charge in [0.05, 0.1) is 11.0 Å². The Morgan fingerprint density at radius 1 is 0.338 bits per heavy atom. The topological polar surface area (TPSA) is 31.2 Å². The van der Waals surface area contributed by atoms with Crippen molar-refractivity contribution in [3.8, 4) is 37.0 Å². The van der Waals surface area contributed by atoms with Crippen LogP contribution in [0.5, 0.6) is 0 Å². The highest BCUT2D eigenvalue weighted by Gasteiger charge is 2.42. The molecule has 0 N–H and O–H groups in total. The number of para-hydroxylation sites is 3. The Bertz CT molecular complexity index is 4060. The minimum Gasteiger partial charge on any atom is -0.456 e. The number of fused-ring (bicyclic) bond motifs is 9. The summed E-state index contributed by atoms with van der Waals surface area (Å²) >= 11 is 3.79. The molecule has 0 aliphatic carbocycles. The third-order valence-corrected chi connectivity index (χ3v) is 21.8. The van der Waals surface area contributed by atoms with Crippen LogP contribution in [0.3, 0.4) is 0 Å². The lowest BCUT2D eigenvalue weighted by atomic mass is 10.00. The van der Waals surface area contributed by atoms with E-state index in [1.54, 1.807) is 0 Å². The van der Waals surface area contributed by atoms with Crippen molar-refractivity contribution < 1.29 is 8.83 Å². The fraction of sp³-hybridized carbons (Fsp3) is 0. The van der Waals surface area contributed by atoms with Gasteiger partial charge in [0, 0.05) is 62.7 Å². The lowest BCUT2D eigenvalue weighted by molar-refractivity contribution is 0.668. The highest BCUT2D eigenvalue weighted by Crippen LogP contribution is 2.42. The van der Waals surface area contributed by atoms with Gasteiger partial charge in [0.25, 0.3) is 0 Å². The molecule has 0 aliphatic rings. The molecule has 0 aliphatic heterocycles. The van der Waals surface area contributed by atoms with E-state index in [9.17, 15) is 0 Å². The lowest BCUT2D eigenvalue weighted by Gasteiger charge is -2.32. The first-order valence-corrected chi connectivity index (χ1v) is 26.6. The van der Waals surface area contributed by atoms with Crippen molar-refractivity contribution in [3.05, 3.63) is 237 Å². The predicted molar refractivity (Wildman–Crippen MR) is 291 cm³/mol. The molecular weight excluding hydrogens is 883 g/mol. The summed E-state index contributed by atoms with van der Waals surface area (Å²) < 4.78 is 17.0. The molecule has 0 spiro atoms. The van der Waals surface area contributed by atoms with E-state index < -0.39 is 8.07 Å². The van der Waals surface area contributed by atoms with Gasteiger partial charge in [0.1, 0.15) is 22.3 Å². The third kappa shape index (κ3) is 6.01. The molecule has 9 aromatic carbocycles. The van der Waals surface area contributed by atoms with Crippen molar-refractivity contribution in [3.63, 3.8) is 0 Å². The molecule has 14 rings (SSSR count). The first-order valence-electron chi connectivity index (χ1n) is 23.0. The van der Waals surface area contributed by atoms with Crippen molar-refractivity contribution >= 4 is 116 Å². The van der Waals surface area contributed by atoms with Gasteiger partial charge in [0.2, 0.25) is 0 Å². The first kappa shape index (κ1) is 39.2. The summed E-state index contributed by atoms with van der Waals surface area (Å²) in [5.74, 6) is 0. The van der Waals surface area contributed by atoms with Crippen molar-refractivity contribution in [1.82, 2.24) is 4.57 Å². The van der Waals surface area contributed by atoms with E-state index in [4.69, 9.17) is 8.83 Å². The molecular formula is C62H39NO2S2Si. The number of rotatable bonds is 8. The van der Waals surface area contributed by atoms with Gasteiger partial charge in [-0.05, 0) is 106 Å². The van der Waals surface area contributed by atoms with Crippen LogP contribution < -0.4 is 20.1 Å². The smallest absolute Gasteiger partial charge is 0.191 e. The molecule has 0 saturated carbocycles. The van der Waals surface area contributed by atoms with Gasteiger partial charge in [0.15, 0.2) is 8.07 Å². The molecule has 0 fully saturated rings. The highest BCUT2D eigenvalue weighted by atomic mass is 32.1. The van der Waals surface area contributed by atoms with E-state index in [1.165, 1.54) is 62.1 Å². The molecule has 3 nitrogen and oxygen atoms in total. The van der Waals surface area contributed by atoms with Gasteiger partial charge < -0.3 is 13.4 Å². The quantitative estimate of drug-likeness (QED) is 0.112. The molecule has 5 aromatic heterocycles. The number of nitrogens with zero attached hydrogens (tertiary/aromatic N) is 1. The summed E-state index contributed by atoms with van der Waals surface area (Å²) in [5, 5.41) is 11.1. The summed E-state index contributed by atoms with van der Waals surface area (Å²) in [6, 6.07) is 86.3. The van der Waals surface area contributed by atoms with E-state index >= 15 is 0 Å².